The number of thiophene rings is 1. The molecular formula is C26H20BrN3O3S. The van der Waals surface area contributed by atoms with Crippen LogP contribution >= 0.6 is 27.3 Å². The standard InChI is InChI=1S/C26H20BrN3O3S/c1-32-18-9-7-17(8-10-18)29-24(31)20-13-15-12-16(27)6-11-22(15)33-25(20)30-26-21(14-28)19-4-2-3-5-23(19)34-26/h6-13H,2-5H2,1H3,(H,29,31)/b30-25-. The maximum Gasteiger partial charge on any atom is 0.261 e. The third-order valence-corrected chi connectivity index (χ3v) is 7.45. The molecule has 8 heteroatoms. The second-order valence-electron chi connectivity index (χ2n) is 7.94. The molecule has 1 amide bonds. The topological polar surface area (TPSA) is 87.6 Å². The van der Waals surface area contributed by atoms with Gasteiger partial charge in [0.1, 0.15) is 28.0 Å². The van der Waals surface area contributed by atoms with Gasteiger partial charge in [-0.2, -0.15) is 5.26 Å². The number of fused-ring (bicyclic) bond motifs is 2. The van der Waals surface area contributed by atoms with Crippen molar-refractivity contribution in [2.24, 2.45) is 4.99 Å². The summed E-state index contributed by atoms with van der Waals surface area (Å²) in [5.41, 5.74) is 3.37. The number of ether oxygens (including phenoxy) is 1. The first-order chi connectivity index (χ1) is 16.6. The van der Waals surface area contributed by atoms with Crippen LogP contribution in [0, 0.1) is 11.3 Å². The molecule has 1 N–H and O–H groups in total. The summed E-state index contributed by atoms with van der Waals surface area (Å²) >= 11 is 4.99. The number of anilines is 1. The van der Waals surface area contributed by atoms with E-state index in [1.807, 2.05) is 18.2 Å². The van der Waals surface area contributed by atoms with E-state index in [-0.39, 0.29) is 17.0 Å². The van der Waals surface area contributed by atoms with Gasteiger partial charge in [0.25, 0.3) is 5.91 Å². The van der Waals surface area contributed by atoms with Crippen molar-refractivity contribution in [3.05, 3.63) is 80.1 Å². The highest BCUT2D eigenvalue weighted by Gasteiger charge is 2.21. The molecule has 0 unspecified atom stereocenters. The number of halogens is 1. The Balaban J connectivity index is 1.64. The first kappa shape index (κ1) is 22.4. The Kier molecular flexibility index (Phi) is 6.22. The molecule has 0 fully saturated rings. The van der Waals surface area contributed by atoms with Crippen molar-refractivity contribution in [1.82, 2.24) is 0 Å². The van der Waals surface area contributed by atoms with E-state index in [0.29, 0.717) is 27.6 Å². The van der Waals surface area contributed by atoms with Gasteiger partial charge in [-0.1, -0.05) is 15.9 Å². The highest BCUT2D eigenvalue weighted by Crippen LogP contribution is 2.39. The molecule has 1 aliphatic carbocycles. The Morgan fingerprint density at radius 1 is 1.18 bits per heavy atom. The normalized spacial score (nSPS) is 13.4. The van der Waals surface area contributed by atoms with Crippen molar-refractivity contribution in [1.29, 1.82) is 5.26 Å². The lowest BCUT2D eigenvalue weighted by Gasteiger charge is -2.09. The van der Waals surface area contributed by atoms with Crippen molar-refractivity contribution in [2.45, 2.75) is 25.7 Å². The predicted molar refractivity (Wildman–Crippen MR) is 136 cm³/mol. The number of nitriles is 1. The minimum atomic E-state index is -0.352. The molecule has 0 saturated heterocycles. The van der Waals surface area contributed by atoms with Gasteiger partial charge in [0.15, 0.2) is 0 Å². The fraction of sp³-hybridized carbons (Fsp3) is 0.192. The number of nitrogens with one attached hydrogen (secondary N) is 1. The van der Waals surface area contributed by atoms with Gasteiger partial charge >= 0.3 is 0 Å². The smallest absolute Gasteiger partial charge is 0.261 e. The Hall–Kier alpha value is -3.41. The fourth-order valence-electron chi connectivity index (χ4n) is 4.06. The van der Waals surface area contributed by atoms with E-state index in [1.165, 1.54) is 16.2 Å². The number of carbonyl (C=O) groups excluding carboxylic acids is 1. The Labute approximate surface area is 208 Å². The number of amides is 1. The summed E-state index contributed by atoms with van der Waals surface area (Å²) in [5.74, 6) is 0.347. The van der Waals surface area contributed by atoms with Gasteiger partial charge in [-0.25, -0.2) is 4.99 Å². The molecule has 34 heavy (non-hydrogen) atoms. The minimum Gasteiger partial charge on any atom is -0.497 e. The van der Waals surface area contributed by atoms with Crippen molar-refractivity contribution < 1.29 is 13.9 Å². The number of carbonyl (C=O) groups is 1. The summed E-state index contributed by atoms with van der Waals surface area (Å²) in [5, 5.41) is 14.1. The van der Waals surface area contributed by atoms with Crippen LogP contribution in [0.1, 0.15) is 39.2 Å². The molecule has 0 saturated carbocycles. The van der Waals surface area contributed by atoms with Crippen LogP contribution in [0.25, 0.3) is 11.0 Å². The van der Waals surface area contributed by atoms with Gasteiger partial charge in [-0.15, -0.1) is 11.3 Å². The molecule has 0 aliphatic heterocycles. The first-order valence-corrected chi connectivity index (χ1v) is 12.4. The van der Waals surface area contributed by atoms with Crippen LogP contribution in [-0.4, -0.2) is 13.0 Å². The van der Waals surface area contributed by atoms with Gasteiger partial charge in [-0.05, 0) is 79.8 Å². The van der Waals surface area contributed by atoms with Crippen LogP contribution in [0.4, 0.5) is 10.7 Å². The molecule has 4 aromatic rings. The van der Waals surface area contributed by atoms with E-state index < -0.39 is 0 Å². The van der Waals surface area contributed by atoms with Crippen LogP contribution in [0.2, 0.25) is 0 Å². The Morgan fingerprint density at radius 3 is 2.74 bits per heavy atom. The largest absolute Gasteiger partial charge is 0.497 e. The summed E-state index contributed by atoms with van der Waals surface area (Å²) in [6, 6.07) is 16.8. The zero-order valence-electron chi connectivity index (χ0n) is 18.4. The lowest BCUT2D eigenvalue weighted by molar-refractivity contribution is 0.102. The molecule has 2 heterocycles. The number of hydrogen-bond acceptors (Lipinski definition) is 6. The van der Waals surface area contributed by atoms with Gasteiger partial charge in [0.2, 0.25) is 5.55 Å². The summed E-state index contributed by atoms with van der Waals surface area (Å²) in [7, 11) is 1.59. The number of hydrogen-bond donors (Lipinski definition) is 1. The van der Waals surface area contributed by atoms with Crippen molar-refractivity contribution in [3.63, 3.8) is 0 Å². The zero-order chi connectivity index (χ0) is 23.7. The number of methoxy groups -OCH3 is 1. The number of benzene rings is 2. The van der Waals surface area contributed by atoms with Gasteiger partial charge in [0.05, 0.1) is 12.7 Å². The summed E-state index contributed by atoms with van der Waals surface area (Å²) in [6.45, 7) is 0. The third-order valence-electron chi connectivity index (χ3n) is 5.77. The summed E-state index contributed by atoms with van der Waals surface area (Å²) in [4.78, 5) is 19.2. The molecule has 1 aliphatic rings. The second kappa shape index (κ2) is 9.45. The molecule has 0 atom stereocenters. The van der Waals surface area contributed by atoms with E-state index in [9.17, 15) is 10.1 Å². The quantitative estimate of drug-likeness (QED) is 0.324. The van der Waals surface area contributed by atoms with E-state index in [0.717, 1.165) is 41.1 Å². The van der Waals surface area contributed by atoms with E-state index in [4.69, 9.17) is 14.1 Å². The molecule has 6 nitrogen and oxygen atoms in total. The lowest BCUT2D eigenvalue weighted by atomic mass is 9.96. The minimum absolute atomic E-state index is 0.177. The second-order valence-corrected chi connectivity index (χ2v) is 9.94. The average Bonchev–Trinajstić information content (AvgIpc) is 3.21. The lowest BCUT2D eigenvalue weighted by Crippen LogP contribution is -2.21. The fourth-order valence-corrected chi connectivity index (χ4v) is 5.64. The van der Waals surface area contributed by atoms with Crippen LogP contribution in [0.15, 0.2) is 62.4 Å². The van der Waals surface area contributed by atoms with Crippen molar-refractivity contribution >= 4 is 54.8 Å². The number of aryl methyl sites for hydroxylation is 1. The van der Waals surface area contributed by atoms with E-state index in [1.54, 1.807) is 37.4 Å². The van der Waals surface area contributed by atoms with Crippen molar-refractivity contribution in [3.8, 4) is 11.8 Å². The van der Waals surface area contributed by atoms with Crippen LogP contribution in [-0.2, 0) is 12.8 Å². The molecule has 0 spiro atoms. The number of rotatable bonds is 4. The molecular weight excluding hydrogens is 514 g/mol. The highest BCUT2D eigenvalue weighted by molar-refractivity contribution is 9.10. The molecule has 0 bridgehead atoms. The highest BCUT2D eigenvalue weighted by atomic mass is 79.9. The Morgan fingerprint density at radius 2 is 1.97 bits per heavy atom. The van der Waals surface area contributed by atoms with E-state index >= 15 is 0 Å². The Bertz CT molecular complexity index is 1510. The maximum atomic E-state index is 13.3. The molecule has 170 valence electrons. The molecule has 5 rings (SSSR count). The SMILES string of the molecule is COc1ccc(NC(=O)c2cc3cc(Br)ccc3o/c2=N\c2sc3c(c2C#N)CCCC3)cc1. The summed E-state index contributed by atoms with van der Waals surface area (Å²) in [6.07, 6.45) is 4.03. The predicted octanol–water partition coefficient (Wildman–Crippen LogP) is 6.50. The number of nitrogens with zero attached hydrogens (tertiary/aromatic N) is 2. The average molecular weight is 534 g/mol. The van der Waals surface area contributed by atoms with Gasteiger partial charge in [0, 0.05) is 20.4 Å². The van der Waals surface area contributed by atoms with Crippen molar-refractivity contribution in [2.75, 3.05) is 12.4 Å². The zero-order valence-corrected chi connectivity index (χ0v) is 20.8. The third kappa shape index (κ3) is 4.37. The molecule has 2 aromatic heterocycles. The maximum absolute atomic E-state index is 13.3. The van der Waals surface area contributed by atoms with Crippen LogP contribution < -0.4 is 15.6 Å². The van der Waals surface area contributed by atoms with Crippen LogP contribution in [0.3, 0.4) is 0 Å². The van der Waals surface area contributed by atoms with Gasteiger partial charge in [-0.3, -0.25) is 4.79 Å². The molecule has 2 aromatic carbocycles. The monoisotopic (exact) mass is 533 g/mol. The molecule has 0 radical (unpaired) electrons. The van der Waals surface area contributed by atoms with Gasteiger partial charge < -0.3 is 14.5 Å². The summed E-state index contributed by atoms with van der Waals surface area (Å²) < 4.78 is 12.2. The van der Waals surface area contributed by atoms with Crippen LogP contribution in [0.5, 0.6) is 5.75 Å². The first-order valence-electron chi connectivity index (χ1n) is 10.8. The van der Waals surface area contributed by atoms with E-state index in [2.05, 4.69) is 27.3 Å².